The van der Waals surface area contributed by atoms with Gasteiger partial charge in [-0.3, -0.25) is 10.2 Å². The summed E-state index contributed by atoms with van der Waals surface area (Å²) >= 11 is 1.36. The number of hydrogen-bond acceptors (Lipinski definition) is 8. The highest BCUT2D eigenvalue weighted by molar-refractivity contribution is 8.26. The van der Waals surface area contributed by atoms with E-state index in [4.69, 9.17) is 24.4 Å². The minimum Gasteiger partial charge on any atom is -0.497 e. The lowest BCUT2D eigenvalue weighted by Crippen LogP contribution is -2.35. The molecule has 2 aliphatic rings. The van der Waals surface area contributed by atoms with Crippen molar-refractivity contribution >= 4 is 39.8 Å². The van der Waals surface area contributed by atoms with Crippen LogP contribution in [-0.4, -0.2) is 53.9 Å². The monoisotopic (exact) mass is 522 g/mol. The van der Waals surface area contributed by atoms with Crippen LogP contribution in [0.4, 0.5) is 0 Å². The number of rotatable bonds is 12. The van der Waals surface area contributed by atoms with Gasteiger partial charge in [-0.2, -0.15) is 15.1 Å². The first-order chi connectivity index (χ1) is 18.0. The number of amidine groups is 2. The fourth-order valence-corrected chi connectivity index (χ4v) is 4.56. The number of amides is 1. The Morgan fingerprint density at radius 1 is 1.03 bits per heavy atom. The second-order valence-electron chi connectivity index (χ2n) is 8.13. The zero-order valence-electron chi connectivity index (χ0n) is 21.2. The molecule has 4 rings (SSSR count). The molecule has 9 nitrogen and oxygen atoms in total. The normalized spacial score (nSPS) is 15.9. The fourth-order valence-electron chi connectivity index (χ4n) is 3.63. The molecule has 0 atom stereocenters. The average Bonchev–Trinajstić information content (AvgIpc) is 3.32. The van der Waals surface area contributed by atoms with Gasteiger partial charge in [-0.25, -0.2) is 0 Å². The van der Waals surface area contributed by atoms with E-state index in [0.717, 1.165) is 30.1 Å². The first-order valence-corrected chi connectivity index (χ1v) is 13.0. The van der Waals surface area contributed by atoms with E-state index in [1.165, 1.54) is 16.8 Å². The summed E-state index contributed by atoms with van der Waals surface area (Å²) in [6.07, 6.45) is 4.48. The summed E-state index contributed by atoms with van der Waals surface area (Å²) in [4.78, 5) is 16.9. The molecule has 10 heteroatoms. The largest absolute Gasteiger partial charge is 0.497 e. The quantitative estimate of drug-likeness (QED) is 0.295. The van der Waals surface area contributed by atoms with E-state index in [-0.39, 0.29) is 11.4 Å². The number of hydrogen-bond donors (Lipinski definition) is 1. The smallest absolute Gasteiger partial charge is 0.283 e. The van der Waals surface area contributed by atoms with Gasteiger partial charge >= 0.3 is 0 Å². The van der Waals surface area contributed by atoms with E-state index in [1.54, 1.807) is 25.3 Å². The summed E-state index contributed by atoms with van der Waals surface area (Å²) in [6.45, 7) is 5.09. The Bertz CT molecular complexity index is 1260. The van der Waals surface area contributed by atoms with Crippen molar-refractivity contribution in [2.75, 3.05) is 26.9 Å². The third kappa shape index (κ3) is 6.51. The van der Waals surface area contributed by atoms with Gasteiger partial charge in [0.05, 0.1) is 19.3 Å². The number of ether oxygens (including phenoxy) is 4. The summed E-state index contributed by atoms with van der Waals surface area (Å²) in [7, 11) is 1.61. The molecule has 2 aromatic carbocycles. The zero-order valence-corrected chi connectivity index (χ0v) is 22.0. The number of nitrogens with zero attached hydrogens (tertiary/aromatic N) is 3. The maximum atomic E-state index is 12.7. The molecule has 0 fully saturated rings. The lowest BCUT2D eigenvalue weighted by Gasteiger charge is -2.20. The number of carbonyl (C=O) groups is 1. The number of methoxy groups -OCH3 is 1. The standard InChI is InChI=1S/C27H30N4O5S/c1-4-6-10-24-30-31-25(28)21(26(32)29-27(31)37-24)15-18-11-12-22(23(16-18)34-5-2)36-14-13-35-20-9-7-8-19(17-20)33-3/h7-9,11-12,15-17,28H,4-6,10,13-14H2,1-3H3/b21-15+,28-25?. The highest BCUT2D eigenvalue weighted by Crippen LogP contribution is 2.32. The van der Waals surface area contributed by atoms with Crippen molar-refractivity contribution in [2.45, 2.75) is 33.1 Å². The molecular weight excluding hydrogens is 492 g/mol. The van der Waals surface area contributed by atoms with E-state index in [1.807, 2.05) is 37.3 Å². The molecule has 1 amide bonds. The van der Waals surface area contributed by atoms with Crippen molar-refractivity contribution in [2.24, 2.45) is 10.1 Å². The Morgan fingerprint density at radius 3 is 2.62 bits per heavy atom. The second kappa shape index (κ2) is 12.4. The van der Waals surface area contributed by atoms with Crippen molar-refractivity contribution in [1.29, 1.82) is 5.41 Å². The highest BCUT2D eigenvalue weighted by atomic mass is 32.2. The highest BCUT2D eigenvalue weighted by Gasteiger charge is 2.35. The van der Waals surface area contributed by atoms with E-state index in [9.17, 15) is 4.79 Å². The van der Waals surface area contributed by atoms with Crippen molar-refractivity contribution in [1.82, 2.24) is 5.01 Å². The van der Waals surface area contributed by atoms with E-state index >= 15 is 0 Å². The van der Waals surface area contributed by atoms with Crippen LogP contribution < -0.4 is 18.9 Å². The zero-order chi connectivity index (χ0) is 26.2. The van der Waals surface area contributed by atoms with Crippen LogP contribution in [0.3, 0.4) is 0 Å². The molecule has 2 aromatic rings. The van der Waals surface area contributed by atoms with Crippen molar-refractivity contribution in [3.8, 4) is 23.0 Å². The van der Waals surface area contributed by atoms with Gasteiger partial charge in [-0.05, 0) is 67.4 Å². The lowest BCUT2D eigenvalue weighted by atomic mass is 10.1. The number of carbonyl (C=O) groups excluding carboxylic acids is 1. The van der Waals surface area contributed by atoms with Gasteiger partial charge < -0.3 is 18.9 Å². The van der Waals surface area contributed by atoms with Gasteiger partial charge in [0.15, 0.2) is 17.3 Å². The number of unbranched alkanes of at least 4 members (excludes halogenated alkanes) is 1. The maximum Gasteiger partial charge on any atom is 0.283 e. The van der Waals surface area contributed by atoms with Crippen LogP contribution >= 0.6 is 11.8 Å². The van der Waals surface area contributed by atoms with E-state index in [2.05, 4.69) is 17.0 Å². The topological polar surface area (TPSA) is 106 Å². The van der Waals surface area contributed by atoms with Gasteiger partial charge in [0, 0.05) is 6.07 Å². The number of benzene rings is 2. The third-order valence-electron chi connectivity index (χ3n) is 5.47. The van der Waals surface area contributed by atoms with Crippen LogP contribution in [0.5, 0.6) is 23.0 Å². The van der Waals surface area contributed by atoms with Crippen LogP contribution in [0.25, 0.3) is 6.08 Å². The first-order valence-electron chi connectivity index (χ1n) is 12.2. The van der Waals surface area contributed by atoms with Gasteiger partial charge in [0.2, 0.25) is 5.17 Å². The molecule has 0 aliphatic carbocycles. The first kappa shape index (κ1) is 26.3. The molecular formula is C27H30N4O5S. The van der Waals surface area contributed by atoms with Gasteiger partial charge in [0.25, 0.3) is 5.91 Å². The third-order valence-corrected chi connectivity index (χ3v) is 6.44. The molecule has 2 heterocycles. The Morgan fingerprint density at radius 2 is 1.84 bits per heavy atom. The summed E-state index contributed by atoms with van der Waals surface area (Å²) in [6, 6.07) is 12.7. The Hall–Kier alpha value is -3.79. The summed E-state index contributed by atoms with van der Waals surface area (Å²) in [5.41, 5.74) is 0.866. The minimum absolute atomic E-state index is 0.0157. The molecule has 0 saturated carbocycles. The average molecular weight is 523 g/mol. The molecule has 0 unspecified atom stereocenters. The molecule has 2 aliphatic heterocycles. The molecule has 0 radical (unpaired) electrons. The molecule has 0 spiro atoms. The maximum absolute atomic E-state index is 12.7. The van der Waals surface area contributed by atoms with Gasteiger partial charge in [-0.15, -0.1) is 0 Å². The van der Waals surface area contributed by atoms with Crippen LogP contribution in [-0.2, 0) is 4.79 Å². The van der Waals surface area contributed by atoms with Crippen molar-refractivity contribution in [3.63, 3.8) is 0 Å². The number of hydrazone groups is 1. The van der Waals surface area contributed by atoms with Gasteiger partial charge in [-0.1, -0.05) is 25.5 Å². The molecule has 37 heavy (non-hydrogen) atoms. The number of aliphatic imine (C=N–C) groups is 1. The Labute approximate surface area is 220 Å². The predicted octanol–water partition coefficient (Wildman–Crippen LogP) is 5.36. The lowest BCUT2D eigenvalue weighted by molar-refractivity contribution is -0.114. The van der Waals surface area contributed by atoms with E-state index < -0.39 is 5.91 Å². The molecule has 0 aromatic heterocycles. The number of thioether (sulfide) groups is 1. The minimum atomic E-state index is -0.455. The van der Waals surface area contributed by atoms with Crippen molar-refractivity contribution < 1.29 is 23.7 Å². The summed E-state index contributed by atoms with van der Waals surface area (Å²) < 4.78 is 22.6. The predicted molar refractivity (Wildman–Crippen MR) is 146 cm³/mol. The number of nitrogens with one attached hydrogen (secondary N) is 1. The number of fused-ring (bicyclic) bond motifs is 1. The van der Waals surface area contributed by atoms with Crippen LogP contribution in [0.1, 0.15) is 38.7 Å². The van der Waals surface area contributed by atoms with Crippen LogP contribution in [0, 0.1) is 5.41 Å². The SMILES string of the molecule is CCCCC1=NN2C(=N)/C(=C\c3ccc(OCCOc4cccc(OC)c4)c(OCC)c3)C(=O)N=C2S1. The van der Waals surface area contributed by atoms with Crippen molar-refractivity contribution in [3.05, 3.63) is 53.6 Å². The van der Waals surface area contributed by atoms with E-state index in [0.29, 0.717) is 47.8 Å². The Kier molecular flexibility index (Phi) is 8.84. The van der Waals surface area contributed by atoms with Crippen LogP contribution in [0.2, 0.25) is 0 Å². The van der Waals surface area contributed by atoms with Crippen LogP contribution in [0.15, 0.2) is 58.1 Å². The molecule has 0 saturated heterocycles. The molecule has 1 N–H and O–H groups in total. The summed E-state index contributed by atoms with van der Waals surface area (Å²) in [5.74, 6) is 2.07. The Balaban J connectivity index is 1.44. The molecule has 194 valence electrons. The molecule has 0 bridgehead atoms. The second-order valence-corrected chi connectivity index (χ2v) is 9.17. The fraction of sp³-hybridized carbons (Fsp3) is 0.333. The summed E-state index contributed by atoms with van der Waals surface area (Å²) in [5, 5.41) is 15.8. The van der Waals surface area contributed by atoms with Gasteiger partial charge in [0.1, 0.15) is 29.8 Å².